The molecule has 2 aromatic heterocycles. The molecule has 0 aliphatic carbocycles. The van der Waals surface area contributed by atoms with Gasteiger partial charge in [0.1, 0.15) is 11.5 Å². The maximum absolute atomic E-state index is 13.2. The van der Waals surface area contributed by atoms with Gasteiger partial charge in [0.25, 0.3) is 5.91 Å². The minimum absolute atomic E-state index is 0.0327. The molecule has 2 aromatic rings. The number of pyridine rings is 1. The van der Waals surface area contributed by atoms with Gasteiger partial charge in [-0.1, -0.05) is 0 Å². The molecule has 0 unspecified atom stereocenters. The maximum atomic E-state index is 13.2. The molecule has 1 amide bonds. The van der Waals surface area contributed by atoms with Crippen molar-refractivity contribution in [2.24, 2.45) is 0 Å². The lowest BCUT2D eigenvalue weighted by molar-refractivity contribution is 0.0545. The molecule has 0 saturated carbocycles. The number of aromatic nitrogens is 1. The monoisotopic (exact) mass is 342 g/mol. The van der Waals surface area contributed by atoms with Crippen molar-refractivity contribution in [3.63, 3.8) is 0 Å². The van der Waals surface area contributed by atoms with Gasteiger partial charge in [0.05, 0.1) is 12.8 Å². The summed E-state index contributed by atoms with van der Waals surface area (Å²) in [5.41, 5.74) is 1.45. The summed E-state index contributed by atoms with van der Waals surface area (Å²) in [5, 5.41) is 0. The number of nitrogens with zero attached hydrogens (tertiary/aromatic N) is 4. The van der Waals surface area contributed by atoms with Crippen LogP contribution in [-0.4, -0.2) is 61.0 Å². The van der Waals surface area contributed by atoms with Gasteiger partial charge in [-0.3, -0.25) is 9.78 Å². The highest BCUT2D eigenvalue weighted by Crippen LogP contribution is 2.22. The van der Waals surface area contributed by atoms with Gasteiger partial charge in [0, 0.05) is 32.0 Å². The lowest BCUT2D eigenvalue weighted by atomic mass is 10.0. The molecule has 0 atom stereocenters. The highest BCUT2D eigenvalue weighted by molar-refractivity contribution is 5.93. The number of hydrogen-bond donors (Lipinski definition) is 0. The van der Waals surface area contributed by atoms with Crippen molar-refractivity contribution in [2.75, 3.05) is 39.1 Å². The lowest BCUT2D eigenvalue weighted by Crippen LogP contribution is -2.46. The molecule has 1 fully saturated rings. The maximum Gasteiger partial charge on any atom is 0.273 e. The van der Waals surface area contributed by atoms with E-state index in [0.29, 0.717) is 12.2 Å². The van der Waals surface area contributed by atoms with Gasteiger partial charge in [0.15, 0.2) is 0 Å². The Morgan fingerprint density at radius 3 is 2.72 bits per heavy atom. The van der Waals surface area contributed by atoms with E-state index in [1.807, 2.05) is 48.2 Å². The van der Waals surface area contributed by atoms with E-state index in [0.717, 1.165) is 37.4 Å². The van der Waals surface area contributed by atoms with Crippen LogP contribution in [0.2, 0.25) is 0 Å². The first kappa shape index (κ1) is 17.5. The predicted octanol–water partition coefficient (Wildman–Crippen LogP) is 2.48. The SMILES string of the molecule is CN1CCC(N(Cc2ccco2)C(=O)c2cc(N(C)C)ccn2)CC1. The molecule has 3 rings (SSSR count). The number of amides is 1. The minimum atomic E-state index is -0.0327. The first-order chi connectivity index (χ1) is 12.0. The number of hydrogen-bond acceptors (Lipinski definition) is 5. The molecule has 134 valence electrons. The highest BCUT2D eigenvalue weighted by Gasteiger charge is 2.29. The Balaban J connectivity index is 1.84. The van der Waals surface area contributed by atoms with E-state index in [2.05, 4.69) is 16.9 Å². The van der Waals surface area contributed by atoms with Crippen molar-refractivity contribution in [3.8, 4) is 0 Å². The van der Waals surface area contributed by atoms with E-state index in [9.17, 15) is 4.79 Å². The molecular weight excluding hydrogens is 316 g/mol. The molecule has 1 aliphatic rings. The topological polar surface area (TPSA) is 52.8 Å². The number of anilines is 1. The third-order valence-corrected chi connectivity index (χ3v) is 4.78. The summed E-state index contributed by atoms with van der Waals surface area (Å²) >= 11 is 0. The van der Waals surface area contributed by atoms with Gasteiger partial charge in [0.2, 0.25) is 0 Å². The Hall–Kier alpha value is -2.34. The summed E-state index contributed by atoms with van der Waals surface area (Å²) in [5.74, 6) is 0.769. The van der Waals surface area contributed by atoms with Crippen LogP contribution in [0.4, 0.5) is 5.69 Å². The number of rotatable bonds is 5. The summed E-state index contributed by atoms with van der Waals surface area (Å²) in [4.78, 5) is 23.7. The van der Waals surface area contributed by atoms with E-state index < -0.39 is 0 Å². The van der Waals surface area contributed by atoms with Crippen LogP contribution < -0.4 is 4.90 Å². The second-order valence-corrected chi connectivity index (χ2v) is 6.84. The van der Waals surface area contributed by atoms with E-state index in [4.69, 9.17) is 4.42 Å². The van der Waals surface area contributed by atoms with Gasteiger partial charge in [-0.05, 0) is 57.2 Å². The molecule has 6 heteroatoms. The lowest BCUT2D eigenvalue weighted by Gasteiger charge is -2.36. The molecule has 3 heterocycles. The van der Waals surface area contributed by atoms with Gasteiger partial charge in [-0.15, -0.1) is 0 Å². The van der Waals surface area contributed by atoms with Crippen LogP contribution >= 0.6 is 0 Å². The van der Waals surface area contributed by atoms with E-state index in [1.54, 1.807) is 12.5 Å². The van der Waals surface area contributed by atoms with Crippen molar-refractivity contribution in [1.82, 2.24) is 14.8 Å². The number of carbonyl (C=O) groups is 1. The van der Waals surface area contributed by atoms with Crippen molar-refractivity contribution >= 4 is 11.6 Å². The van der Waals surface area contributed by atoms with Crippen molar-refractivity contribution in [1.29, 1.82) is 0 Å². The Morgan fingerprint density at radius 1 is 1.32 bits per heavy atom. The van der Waals surface area contributed by atoms with Crippen LogP contribution in [-0.2, 0) is 6.54 Å². The fourth-order valence-electron chi connectivity index (χ4n) is 3.21. The van der Waals surface area contributed by atoms with Crippen LogP contribution in [0.5, 0.6) is 0 Å². The predicted molar refractivity (Wildman–Crippen MR) is 97.7 cm³/mol. The summed E-state index contributed by atoms with van der Waals surface area (Å²) in [6, 6.07) is 7.74. The normalized spacial score (nSPS) is 16.0. The smallest absolute Gasteiger partial charge is 0.273 e. The molecule has 0 radical (unpaired) electrons. The standard InChI is InChI=1S/C19H26N4O2/c1-21(2)16-6-9-20-18(13-16)19(24)23(14-17-5-4-12-25-17)15-7-10-22(3)11-8-15/h4-6,9,12-13,15H,7-8,10-11,14H2,1-3H3. The molecule has 0 spiro atoms. The van der Waals surface area contributed by atoms with Gasteiger partial charge in [-0.25, -0.2) is 0 Å². The Kier molecular flexibility index (Phi) is 5.38. The summed E-state index contributed by atoms with van der Waals surface area (Å²) in [6.07, 6.45) is 5.28. The van der Waals surface area contributed by atoms with E-state index >= 15 is 0 Å². The number of likely N-dealkylation sites (tertiary alicyclic amines) is 1. The number of piperidine rings is 1. The van der Waals surface area contributed by atoms with Crippen LogP contribution in [0, 0.1) is 0 Å². The third kappa shape index (κ3) is 4.20. The van der Waals surface area contributed by atoms with Crippen LogP contribution in [0.25, 0.3) is 0 Å². The van der Waals surface area contributed by atoms with Gasteiger partial charge >= 0.3 is 0 Å². The average molecular weight is 342 g/mol. The molecule has 0 bridgehead atoms. The van der Waals surface area contributed by atoms with Crippen molar-refractivity contribution < 1.29 is 9.21 Å². The highest BCUT2D eigenvalue weighted by atomic mass is 16.3. The number of carbonyl (C=O) groups excluding carboxylic acids is 1. The molecule has 6 nitrogen and oxygen atoms in total. The quantitative estimate of drug-likeness (QED) is 0.835. The summed E-state index contributed by atoms with van der Waals surface area (Å²) in [7, 11) is 6.04. The second kappa shape index (κ2) is 7.70. The molecular formula is C19H26N4O2. The molecule has 0 N–H and O–H groups in total. The average Bonchev–Trinajstić information content (AvgIpc) is 3.13. The summed E-state index contributed by atoms with van der Waals surface area (Å²) < 4.78 is 5.49. The molecule has 1 saturated heterocycles. The Bertz CT molecular complexity index is 691. The zero-order valence-electron chi connectivity index (χ0n) is 15.2. The number of furan rings is 1. The van der Waals surface area contributed by atoms with Crippen LogP contribution in [0.3, 0.4) is 0 Å². The van der Waals surface area contributed by atoms with Crippen molar-refractivity contribution in [2.45, 2.75) is 25.4 Å². The van der Waals surface area contributed by atoms with Gasteiger partial charge in [-0.2, -0.15) is 0 Å². The fourth-order valence-corrected chi connectivity index (χ4v) is 3.21. The van der Waals surface area contributed by atoms with Crippen molar-refractivity contribution in [3.05, 3.63) is 48.2 Å². The van der Waals surface area contributed by atoms with Gasteiger partial charge < -0.3 is 19.1 Å². The molecule has 25 heavy (non-hydrogen) atoms. The fraction of sp³-hybridized carbons (Fsp3) is 0.474. The Labute approximate surface area is 149 Å². The van der Waals surface area contributed by atoms with Crippen LogP contribution in [0.1, 0.15) is 29.1 Å². The minimum Gasteiger partial charge on any atom is -0.467 e. The largest absolute Gasteiger partial charge is 0.467 e. The first-order valence-electron chi connectivity index (χ1n) is 8.70. The summed E-state index contributed by atoms with van der Waals surface area (Å²) in [6.45, 7) is 2.48. The third-order valence-electron chi connectivity index (χ3n) is 4.78. The zero-order valence-corrected chi connectivity index (χ0v) is 15.2. The zero-order chi connectivity index (χ0) is 17.8. The molecule has 1 aliphatic heterocycles. The van der Waals surface area contributed by atoms with E-state index in [1.165, 1.54) is 0 Å². The first-order valence-corrected chi connectivity index (χ1v) is 8.70. The second-order valence-electron chi connectivity index (χ2n) is 6.84. The Morgan fingerprint density at radius 2 is 2.08 bits per heavy atom. The van der Waals surface area contributed by atoms with Crippen LogP contribution in [0.15, 0.2) is 41.1 Å². The molecule has 0 aromatic carbocycles. The van der Waals surface area contributed by atoms with E-state index in [-0.39, 0.29) is 11.9 Å².